The van der Waals surface area contributed by atoms with Crippen molar-refractivity contribution < 1.29 is 23.9 Å². The quantitative estimate of drug-likeness (QED) is 0.456. The molecule has 0 spiro atoms. The fourth-order valence-electron chi connectivity index (χ4n) is 3.59. The van der Waals surface area contributed by atoms with Crippen LogP contribution in [0.2, 0.25) is 0 Å². The molecule has 0 bridgehead atoms. The normalized spacial score (nSPS) is 10.3. The molecule has 3 aromatic rings. The van der Waals surface area contributed by atoms with Crippen LogP contribution >= 0.6 is 0 Å². The minimum absolute atomic E-state index is 0.0670. The minimum Gasteiger partial charge on any atom is -0.452 e. The maximum atomic E-state index is 13.0. The zero-order chi connectivity index (χ0) is 26.1. The zero-order valence-electron chi connectivity index (χ0n) is 20.6. The Morgan fingerprint density at radius 3 is 1.94 bits per heavy atom. The maximum Gasteiger partial charge on any atom is 0.339 e. The molecular formula is C28H29N3O5. The fourth-order valence-corrected chi connectivity index (χ4v) is 3.59. The van der Waals surface area contributed by atoms with Crippen LogP contribution in [0.4, 0.5) is 11.4 Å². The van der Waals surface area contributed by atoms with Crippen molar-refractivity contribution in [3.05, 3.63) is 95.6 Å². The molecular weight excluding hydrogens is 458 g/mol. The van der Waals surface area contributed by atoms with Crippen molar-refractivity contribution in [2.75, 3.05) is 37.0 Å². The van der Waals surface area contributed by atoms with Crippen LogP contribution in [0.3, 0.4) is 0 Å². The molecule has 8 nitrogen and oxygen atoms in total. The van der Waals surface area contributed by atoms with E-state index in [2.05, 4.69) is 5.32 Å². The first kappa shape index (κ1) is 26.2. The molecule has 0 unspecified atom stereocenters. The Balaban J connectivity index is 1.61. The van der Waals surface area contributed by atoms with E-state index in [9.17, 15) is 19.2 Å². The first-order valence-corrected chi connectivity index (χ1v) is 11.6. The van der Waals surface area contributed by atoms with Gasteiger partial charge in [-0.2, -0.15) is 0 Å². The van der Waals surface area contributed by atoms with Crippen molar-refractivity contribution in [2.45, 2.75) is 13.8 Å². The van der Waals surface area contributed by atoms with Gasteiger partial charge in [-0.3, -0.25) is 14.4 Å². The summed E-state index contributed by atoms with van der Waals surface area (Å²) in [6.07, 6.45) is 0. The smallest absolute Gasteiger partial charge is 0.339 e. The minimum atomic E-state index is -0.782. The number of nitrogens with one attached hydrogen (secondary N) is 1. The van der Waals surface area contributed by atoms with Gasteiger partial charge in [0.15, 0.2) is 6.61 Å². The summed E-state index contributed by atoms with van der Waals surface area (Å²) in [7, 11) is 1.62. The molecule has 0 aliphatic heterocycles. The molecule has 0 aliphatic rings. The highest BCUT2D eigenvalue weighted by Crippen LogP contribution is 2.18. The standard InChI is InChI=1S/C28H29N3O5/c1-4-31(5-2)26(33)20-15-17-21(18-16-20)29-25(32)19-36-28(35)24-14-10-9-13-23(24)27(34)30(3)22-11-7-6-8-12-22/h6-18H,4-5,19H2,1-3H3,(H,29,32). The van der Waals surface area contributed by atoms with E-state index in [1.807, 2.05) is 32.0 Å². The maximum absolute atomic E-state index is 13.0. The molecule has 186 valence electrons. The lowest BCUT2D eigenvalue weighted by molar-refractivity contribution is -0.119. The molecule has 0 aromatic heterocycles. The largest absolute Gasteiger partial charge is 0.452 e. The lowest BCUT2D eigenvalue weighted by Gasteiger charge is -2.19. The predicted molar refractivity (Wildman–Crippen MR) is 138 cm³/mol. The van der Waals surface area contributed by atoms with Crippen molar-refractivity contribution in [3.63, 3.8) is 0 Å². The number of ether oxygens (including phenoxy) is 1. The van der Waals surface area contributed by atoms with Crippen LogP contribution in [0, 0.1) is 0 Å². The highest BCUT2D eigenvalue weighted by molar-refractivity contribution is 6.12. The van der Waals surface area contributed by atoms with Gasteiger partial charge in [-0.25, -0.2) is 4.79 Å². The number of amides is 3. The van der Waals surface area contributed by atoms with Crippen molar-refractivity contribution in [1.82, 2.24) is 4.90 Å². The van der Waals surface area contributed by atoms with Gasteiger partial charge in [0.25, 0.3) is 17.7 Å². The third kappa shape index (κ3) is 6.35. The molecule has 0 saturated carbocycles. The fraction of sp³-hybridized carbons (Fsp3) is 0.214. The Morgan fingerprint density at radius 2 is 1.33 bits per heavy atom. The summed E-state index contributed by atoms with van der Waals surface area (Å²) >= 11 is 0. The molecule has 3 amide bonds. The average Bonchev–Trinajstić information content (AvgIpc) is 2.92. The Bertz CT molecular complexity index is 1220. The first-order valence-electron chi connectivity index (χ1n) is 11.6. The van der Waals surface area contributed by atoms with Gasteiger partial charge in [0.2, 0.25) is 0 Å². The third-order valence-electron chi connectivity index (χ3n) is 5.63. The van der Waals surface area contributed by atoms with E-state index >= 15 is 0 Å². The molecule has 0 radical (unpaired) electrons. The number of rotatable bonds is 9. The van der Waals surface area contributed by atoms with Gasteiger partial charge in [0, 0.05) is 37.1 Å². The van der Waals surface area contributed by atoms with Gasteiger partial charge >= 0.3 is 5.97 Å². The van der Waals surface area contributed by atoms with Crippen LogP contribution in [0.1, 0.15) is 44.9 Å². The number of benzene rings is 3. The summed E-state index contributed by atoms with van der Waals surface area (Å²) in [5, 5.41) is 2.63. The monoisotopic (exact) mass is 487 g/mol. The molecule has 0 fully saturated rings. The van der Waals surface area contributed by atoms with Crippen molar-refractivity contribution >= 4 is 35.1 Å². The summed E-state index contributed by atoms with van der Waals surface area (Å²) in [6.45, 7) is 4.50. The number of hydrogen-bond acceptors (Lipinski definition) is 5. The summed E-state index contributed by atoms with van der Waals surface area (Å²) in [5.41, 5.74) is 1.90. The first-order chi connectivity index (χ1) is 17.3. The van der Waals surface area contributed by atoms with E-state index in [1.165, 1.54) is 11.0 Å². The van der Waals surface area contributed by atoms with Crippen molar-refractivity contribution in [2.24, 2.45) is 0 Å². The number of carbonyl (C=O) groups excluding carboxylic acids is 4. The molecule has 1 N–H and O–H groups in total. The SMILES string of the molecule is CCN(CC)C(=O)c1ccc(NC(=O)COC(=O)c2ccccc2C(=O)N(C)c2ccccc2)cc1. The summed E-state index contributed by atoms with van der Waals surface area (Å²) in [4.78, 5) is 53.6. The summed E-state index contributed by atoms with van der Waals surface area (Å²) < 4.78 is 5.18. The number of para-hydroxylation sites is 1. The van der Waals surface area contributed by atoms with Crippen LogP contribution in [-0.2, 0) is 9.53 Å². The van der Waals surface area contributed by atoms with Gasteiger partial charge in [0.1, 0.15) is 0 Å². The Kier molecular flexibility index (Phi) is 8.94. The molecule has 0 aliphatic carbocycles. The molecule has 0 atom stereocenters. The Hall–Kier alpha value is -4.46. The molecule has 3 aromatic carbocycles. The van der Waals surface area contributed by atoms with E-state index < -0.39 is 18.5 Å². The zero-order valence-corrected chi connectivity index (χ0v) is 20.6. The molecule has 36 heavy (non-hydrogen) atoms. The second-order valence-electron chi connectivity index (χ2n) is 7.92. The van der Waals surface area contributed by atoms with Crippen LogP contribution in [0.15, 0.2) is 78.9 Å². The molecule has 8 heteroatoms. The van der Waals surface area contributed by atoms with E-state index in [-0.39, 0.29) is 22.9 Å². The number of hydrogen-bond donors (Lipinski definition) is 1. The van der Waals surface area contributed by atoms with Crippen LogP contribution in [0.5, 0.6) is 0 Å². The van der Waals surface area contributed by atoms with Crippen LogP contribution < -0.4 is 10.2 Å². The number of esters is 1. The summed E-state index contributed by atoms with van der Waals surface area (Å²) in [6, 6.07) is 21.8. The topological polar surface area (TPSA) is 96.0 Å². The second-order valence-corrected chi connectivity index (χ2v) is 7.92. The number of nitrogens with zero attached hydrogens (tertiary/aromatic N) is 2. The highest BCUT2D eigenvalue weighted by Gasteiger charge is 2.22. The molecule has 0 saturated heterocycles. The van der Waals surface area contributed by atoms with Crippen LogP contribution in [-0.4, -0.2) is 55.3 Å². The van der Waals surface area contributed by atoms with E-state index in [0.29, 0.717) is 30.0 Å². The van der Waals surface area contributed by atoms with Crippen molar-refractivity contribution in [3.8, 4) is 0 Å². The number of anilines is 2. The van der Waals surface area contributed by atoms with Gasteiger partial charge in [-0.1, -0.05) is 30.3 Å². The van der Waals surface area contributed by atoms with Crippen molar-refractivity contribution in [1.29, 1.82) is 0 Å². The Morgan fingerprint density at radius 1 is 0.750 bits per heavy atom. The average molecular weight is 488 g/mol. The van der Waals surface area contributed by atoms with Gasteiger partial charge < -0.3 is 19.9 Å². The predicted octanol–water partition coefficient (Wildman–Crippen LogP) is 4.24. The van der Waals surface area contributed by atoms with Gasteiger partial charge in [-0.15, -0.1) is 0 Å². The molecule has 0 heterocycles. The summed E-state index contributed by atoms with van der Waals surface area (Å²) in [5.74, 6) is -1.79. The van der Waals surface area contributed by atoms with E-state index in [4.69, 9.17) is 4.74 Å². The Labute approximate surface area is 210 Å². The lowest BCUT2D eigenvalue weighted by atomic mass is 10.1. The van der Waals surface area contributed by atoms with Crippen LogP contribution in [0.25, 0.3) is 0 Å². The highest BCUT2D eigenvalue weighted by atomic mass is 16.5. The molecule has 3 rings (SSSR count). The van der Waals surface area contributed by atoms with E-state index in [0.717, 1.165) is 0 Å². The second kappa shape index (κ2) is 12.3. The van der Waals surface area contributed by atoms with Gasteiger partial charge in [-0.05, 0) is 62.4 Å². The van der Waals surface area contributed by atoms with Gasteiger partial charge in [0.05, 0.1) is 11.1 Å². The van der Waals surface area contributed by atoms with E-state index in [1.54, 1.807) is 66.5 Å². The third-order valence-corrected chi connectivity index (χ3v) is 5.63. The lowest BCUT2D eigenvalue weighted by Crippen LogP contribution is -2.30. The number of carbonyl (C=O) groups is 4.